The van der Waals surface area contributed by atoms with Gasteiger partial charge < -0.3 is 4.90 Å². The average Bonchev–Trinajstić information content (AvgIpc) is 2.87. The molecule has 2 atom stereocenters. The molecular formula is C16H17N. The first kappa shape index (κ1) is 10.5. The summed E-state index contributed by atoms with van der Waals surface area (Å²) in [5.74, 6) is 0.482. The molecule has 0 aliphatic heterocycles. The van der Waals surface area contributed by atoms with Crippen LogP contribution in [0, 0.1) is 5.92 Å². The van der Waals surface area contributed by atoms with Crippen LogP contribution in [0.25, 0.3) is 0 Å². The highest BCUT2D eigenvalue weighted by Gasteiger charge is 2.31. The number of allylic oxidation sites excluding steroid dienone is 8. The maximum absolute atomic E-state index is 2.32. The lowest BCUT2D eigenvalue weighted by Gasteiger charge is -2.33. The molecule has 3 aliphatic rings. The van der Waals surface area contributed by atoms with Crippen LogP contribution in [0.15, 0.2) is 71.4 Å². The zero-order valence-electron chi connectivity index (χ0n) is 10.3. The van der Waals surface area contributed by atoms with Gasteiger partial charge in [-0.05, 0) is 30.8 Å². The Bertz CT molecular complexity index is 510. The maximum atomic E-state index is 2.32. The zero-order valence-corrected chi connectivity index (χ0v) is 10.3. The minimum Gasteiger partial charge on any atom is -0.301 e. The van der Waals surface area contributed by atoms with Crippen LogP contribution in [0.1, 0.15) is 0 Å². The molecule has 1 heteroatoms. The van der Waals surface area contributed by atoms with Crippen molar-refractivity contribution in [2.45, 2.75) is 6.04 Å². The van der Waals surface area contributed by atoms with Crippen molar-refractivity contribution in [3.8, 4) is 0 Å². The van der Waals surface area contributed by atoms with Crippen LogP contribution < -0.4 is 0 Å². The summed E-state index contributed by atoms with van der Waals surface area (Å²) in [5, 5.41) is 0. The monoisotopic (exact) mass is 223 g/mol. The van der Waals surface area contributed by atoms with Crippen LogP contribution in [-0.2, 0) is 0 Å². The first-order valence-electron chi connectivity index (χ1n) is 6.09. The standard InChI is InChI=1S/C16H17N/c1-17(2)16-14-10-4-8-12(14)6-3-7-13-9-5-11-15(13)16/h3-11,14,16H,1-2H3/b6-3-,13-7-. The Morgan fingerprint density at radius 1 is 0.941 bits per heavy atom. The minimum atomic E-state index is 0.436. The summed E-state index contributed by atoms with van der Waals surface area (Å²) in [6.07, 6.45) is 19.9. The van der Waals surface area contributed by atoms with Gasteiger partial charge in [0.05, 0.1) is 0 Å². The highest BCUT2D eigenvalue weighted by molar-refractivity contribution is 5.56. The van der Waals surface area contributed by atoms with Crippen molar-refractivity contribution in [1.29, 1.82) is 0 Å². The molecule has 3 aliphatic carbocycles. The van der Waals surface area contributed by atoms with Crippen molar-refractivity contribution in [2.75, 3.05) is 14.1 Å². The molecule has 86 valence electrons. The quantitative estimate of drug-likeness (QED) is 0.660. The molecule has 1 nitrogen and oxygen atoms in total. The third-order valence-corrected chi connectivity index (χ3v) is 3.66. The fraction of sp³-hybridized carbons (Fsp3) is 0.250. The number of nitrogens with zero attached hydrogens (tertiary/aromatic N) is 1. The molecule has 0 amide bonds. The second-order valence-corrected chi connectivity index (χ2v) is 4.95. The third kappa shape index (κ3) is 1.67. The maximum Gasteiger partial charge on any atom is 0.0451 e. The summed E-state index contributed by atoms with van der Waals surface area (Å²) < 4.78 is 0. The Morgan fingerprint density at radius 3 is 2.59 bits per heavy atom. The van der Waals surface area contributed by atoms with Gasteiger partial charge in [-0.25, -0.2) is 0 Å². The minimum absolute atomic E-state index is 0.436. The number of hydrogen-bond acceptors (Lipinski definition) is 1. The van der Waals surface area contributed by atoms with E-state index in [-0.39, 0.29) is 0 Å². The summed E-state index contributed by atoms with van der Waals surface area (Å²) in [4.78, 5) is 2.32. The summed E-state index contributed by atoms with van der Waals surface area (Å²) in [6, 6.07) is 0.436. The Morgan fingerprint density at radius 2 is 1.76 bits per heavy atom. The molecule has 0 N–H and O–H groups in total. The topological polar surface area (TPSA) is 3.24 Å². The average molecular weight is 223 g/mol. The Balaban J connectivity index is 2.10. The Kier molecular flexibility index (Phi) is 2.49. The van der Waals surface area contributed by atoms with Gasteiger partial charge in [0.1, 0.15) is 0 Å². The van der Waals surface area contributed by atoms with Gasteiger partial charge >= 0.3 is 0 Å². The lowest BCUT2D eigenvalue weighted by atomic mass is 9.84. The van der Waals surface area contributed by atoms with Crippen LogP contribution in [-0.4, -0.2) is 25.0 Å². The fourth-order valence-corrected chi connectivity index (χ4v) is 2.89. The first-order chi connectivity index (χ1) is 8.27. The highest BCUT2D eigenvalue weighted by Crippen LogP contribution is 2.36. The van der Waals surface area contributed by atoms with Gasteiger partial charge in [0.25, 0.3) is 0 Å². The molecule has 0 saturated carbocycles. The van der Waals surface area contributed by atoms with E-state index in [9.17, 15) is 0 Å². The van der Waals surface area contributed by atoms with E-state index >= 15 is 0 Å². The van der Waals surface area contributed by atoms with E-state index < -0.39 is 0 Å². The van der Waals surface area contributed by atoms with Crippen molar-refractivity contribution in [1.82, 2.24) is 4.90 Å². The van der Waals surface area contributed by atoms with E-state index in [1.165, 1.54) is 16.7 Å². The second kappa shape index (κ2) is 4.01. The highest BCUT2D eigenvalue weighted by atomic mass is 15.1. The predicted octanol–water partition coefficient (Wildman–Crippen LogP) is 3.02. The van der Waals surface area contributed by atoms with Crippen molar-refractivity contribution in [3.05, 3.63) is 71.4 Å². The van der Waals surface area contributed by atoms with E-state index in [2.05, 4.69) is 73.7 Å². The molecule has 3 rings (SSSR count). The summed E-state index contributed by atoms with van der Waals surface area (Å²) in [6.45, 7) is 0. The number of hydrogen-bond donors (Lipinski definition) is 0. The van der Waals surface area contributed by atoms with E-state index in [1.807, 2.05) is 0 Å². The summed E-state index contributed by atoms with van der Waals surface area (Å²) in [7, 11) is 4.33. The van der Waals surface area contributed by atoms with Gasteiger partial charge in [0.2, 0.25) is 0 Å². The summed E-state index contributed by atoms with van der Waals surface area (Å²) in [5.41, 5.74) is 4.19. The first-order valence-corrected chi connectivity index (χ1v) is 6.09. The molecule has 0 heterocycles. The number of likely N-dealkylation sites (N-methyl/N-ethyl adjacent to an activating group) is 1. The lowest BCUT2D eigenvalue weighted by molar-refractivity contribution is 0.298. The van der Waals surface area contributed by atoms with E-state index in [1.54, 1.807) is 0 Å². The van der Waals surface area contributed by atoms with Crippen LogP contribution in [0.4, 0.5) is 0 Å². The van der Waals surface area contributed by atoms with Crippen molar-refractivity contribution < 1.29 is 0 Å². The van der Waals surface area contributed by atoms with E-state index in [0.717, 1.165) is 0 Å². The SMILES string of the molecule is CN(C)C1C2=CC=C/C2=C/C=C\C2=CC=CC21. The number of rotatable bonds is 1. The molecule has 0 aromatic rings. The largest absolute Gasteiger partial charge is 0.301 e. The van der Waals surface area contributed by atoms with Crippen LogP contribution in [0.5, 0.6) is 0 Å². The van der Waals surface area contributed by atoms with Gasteiger partial charge in [-0.2, -0.15) is 0 Å². The zero-order chi connectivity index (χ0) is 11.8. The van der Waals surface area contributed by atoms with Crippen LogP contribution in [0.2, 0.25) is 0 Å². The van der Waals surface area contributed by atoms with Gasteiger partial charge in [0, 0.05) is 12.0 Å². The van der Waals surface area contributed by atoms with Crippen LogP contribution >= 0.6 is 0 Å². The molecule has 0 spiro atoms. The molecular weight excluding hydrogens is 206 g/mol. The fourth-order valence-electron chi connectivity index (χ4n) is 2.89. The molecule has 0 bridgehead atoms. The Hall–Kier alpha value is -1.60. The Labute approximate surface area is 103 Å². The van der Waals surface area contributed by atoms with Crippen molar-refractivity contribution >= 4 is 0 Å². The van der Waals surface area contributed by atoms with Gasteiger partial charge in [-0.3, -0.25) is 0 Å². The normalized spacial score (nSPS) is 34.4. The molecule has 2 unspecified atom stereocenters. The lowest BCUT2D eigenvalue weighted by Crippen LogP contribution is -2.36. The van der Waals surface area contributed by atoms with Crippen molar-refractivity contribution in [3.63, 3.8) is 0 Å². The predicted molar refractivity (Wildman–Crippen MR) is 72.6 cm³/mol. The molecule has 0 aromatic heterocycles. The van der Waals surface area contributed by atoms with Crippen molar-refractivity contribution in [2.24, 2.45) is 5.92 Å². The second-order valence-electron chi connectivity index (χ2n) is 4.95. The van der Waals surface area contributed by atoms with Gasteiger partial charge in [0.15, 0.2) is 0 Å². The van der Waals surface area contributed by atoms with E-state index in [0.29, 0.717) is 12.0 Å². The number of fused-ring (bicyclic) bond motifs is 2. The molecule has 0 aromatic carbocycles. The van der Waals surface area contributed by atoms with Crippen LogP contribution in [0.3, 0.4) is 0 Å². The smallest absolute Gasteiger partial charge is 0.0451 e. The van der Waals surface area contributed by atoms with E-state index in [4.69, 9.17) is 0 Å². The third-order valence-electron chi connectivity index (χ3n) is 3.66. The molecule has 17 heavy (non-hydrogen) atoms. The van der Waals surface area contributed by atoms with Gasteiger partial charge in [-0.15, -0.1) is 0 Å². The molecule has 0 radical (unpaired) electrons. The molecule has 0 saturated heterocycles. The molecule has 0 fully saturated rings. The van der Waals surface area contributed by atoms with Gasteiger partial charge in [-0.1, -0.05) is 54.7 Å². The summed E-state index contributed by atoms with van der Waals surface area (Å²) >= 11 is 0.